The standard InChI is InChI=1S/C18H21N3O3/c1-3-20(4-2)14-8-7-13(24-14)10-19-21-17(22)15-11-5-6-12(9-11)16(15)18(21)23/h5-8,10-12,15-16H,3-4,9H2,1-2H3. The molecule has 2 fully saturated rings. The van der Waals surface area contributed by atoms with Crippen molar-refractivity contribution in [2.75, 3.05) is 18.0 Å². The number of hydrogen-bond acceptors (Lipinski definition) is 5. The van der Waals surface area contributed by atoms with Crippen LogP contribution in [0.3, 0.4) is 0 Å². The Morgan fingerprint density at radius 1 is 1.17 bits per heavy atom. The first-order chi connectivity index (χ1) is 11.6. The summed E-state index contributed by atoms with van der Waals surface area (Å²) < 4.78 is 5.72. The second kappa shape index (κ2) is 5.61. The minimum absolute atomic E-state index is 0.173. The molecule has 3 aliphatic rings. The number of fused-ring (bicyclic) bond motifs is 5. The van der Waals surface area contributed by atoms with Gasteiger partial charge in [0.25, 0.3) is 11.8 Å². The number of hydrogen-bond donors (Lipinski definition) is 0. The van der Waals surface area contributed by atoms with Crippen LogP contribution >= 0.6 is 0 Å². The lowest BCUT2D eigenvalue weighted by atomic mass is 9.85. The van der Waals surface area contributed by atoms with Gasteiger partial charge in [0.1, 0.15) is 5.76 Å². The third-order valence-electron chi connectivity index (χ3n) is 5.44. The van der Waals surface area contributed by atoms with Gasteiger partial charge in [-0.15, -0.1) is 0 Å². The van der Waals surface area contributed by atoms with Crippen LogP contribution in [0.1, 0.15) is 26.0 Å². The summed E-state index contributed by atoms with van der Waals surface area (Å²) in [6.45, 7) is 5.82. The van der Waals surface area contributed by atoms with Gasteiger partial charge in [-0.3, -0.25) is 9.59 Å². The van der Waals surface area contributed by atoms with Crippen LogP contribution in [0, 0.1) is 23.7 Å². The fraction of sp³-hybridized carbons (Fsp3) is 0.500. The monoisotopic (exact) mass is 327 g/mol. The van der Waals surface area contributed by atoms with E-state index in [0.29, 0.717) is 5.76 Å². The number of carbonyl (C=O) groups is 2. The van der Waals surface area contributed by atoms with E-state index in [4.69, 9.17) is 4.42 Å². The number of imide groups is 1. The first kappa shape index (κ1) is 15.2. The van der Waals surface area contributed by atoms with E-state index < -0.39 is 0 Å². The zero-order valence-corrected chi connectivity index (χ0v) is 13.9. The molecule has 4 rings (SSSR count). The SMILES string of the molecule is CCN(CC)c1ccc(C=NN2C(=O)C3C4C=CC(C4)C3C2=O)o1. The number of furan rings is 1. The molecule has 1 aliphatic heterocycles. The van der Waals surface area contributed by atoms with Gasteiger partial charge in [0.15, 0.2) is 5.88 Å². The maximum absolute atomic E-state index is 12.5. The Bertz CT molecular complexity index is 702. The summed E-state index contributed by atoms with van der Waals surface area (Å²) in [4.78, 5) is 27.1. The van der Waals surface area contributed by atoms with E-state index in [0.717, 1.165) is 30.4 Å². The molecule has 0 aromatic carbocycles. The van der Waals surface area contributed by atoms with Crippen molar-refractivity contribution >= 4 is 23.9 Å². The van der Waals surface area contributed by atoms with E-state index in [-0.39, 0.29) is 35.5 Å². The molecule has 6 heteroatoms. The number of allylic oxidation sites excluding steroid dienone is 2. The van der Waals surface area contributed by atoms with E-state index in [9.17, 15) is 9.59 Å². The van der Waals surface area contributed by atoms with Gasteiger partial charge in [0, 0.05) is 19.2 Å². The van der Waals surface area contributed by atoms with Crippen molar-refractivity contribution in [3.05, 3.63) is 30.0 Å². The van der Waals surface area contributed by atoms with Crippen molar-refractivity contribution in [1.82, 2.24) is 5.01 Å². The van der Waals surface area contributed by atoms with Gasteiger partial charge in [0.2, 0.25) is 0 Å². The fourth-order valence-electron chi connectivity index (χ4n) is 4.23. The van der Waals surface area contributed by atoms with Gasteiger partial charge in [-0.05, 0) is 38.2 Å². The molecule has 1 aromatic heterocycles. The van der Waals surface area contributed by atoms with Crippen LogP contribution in [0.15, 0.2) is 33.8 Å². The van der Waals surface area contributed by atoms with Crippen LogP contribution < -0.4 is 4.90 Å². The molecule has 126 valence electrons. The Kier molecular flexibility index (Phi) is 3.55. The largest absolute Gasteiger partial charge is 0.440 e. The smallest absolute Gasteiger partial charge is 0.254 e. The van der Waals surface area contributed by atoms with E-state index in [1.807, 2.05) is 6.07 Å². The van der Waals surface area contributed by atoms with Gasteiger partial charge in [0.05, 0.1) is 18.1 Å². The molecule has 2 amide bonds. The average molecular weight is 327 g/mol. The first-order valence-electron chi connectivity index (χ1n) is 8.59. The third-order valence-corrected chi connectivity index (χ3v) is 5.44. The van der Waals surface area contributed by atoms with Crippen molar-refractivity contribution in [3.63, 3.8) is 0 Å². The minimum Gasteiger partial charge on any atom is -0.440 e. The highest BCUT2D eigenvalue weighted by Crippen LogP contribution is 2.52. The number of rotatable bonds is 5. The normalized spacial score (nSPS) is 30.8. The summed E-state index contributed by atoms with van der Waals surface area (Å²) in [6, 6.07) is 3.68. The molecule has 0 radical (unpaired) electrons. The van der Waals surface area contributed by atoms with Gasteiger partial charge in [-0.1, -0.05) is 12.2 Å². The molecule has 2 aliphatic carbocycles. The molecular formula is C18H21N3O3. The molecule has 0 spiro atoms. The van der Waals surface area contributed by atoms with Crippen LogP contribution in [0.5, 0.6) is 0 Å². The number of nitrogens with zero attached hydrogens (tertiary/aromatic N) is 3. The summed E-state index contributed by atoms with van der Waals surface area (Å²) in [5.74, 6) is 0.932. The number of hydrazone groups is 1. The quantitative estimate of drug-likeness (QED) is 0.473. The number of carbonyl (C=O) groups excluding carboxylic acids is 2. The van der Waals surface area contributed by atoms with Crippen molar-refractivity contribution in [3.8, 4) is 0 Å². The van der Waals surface area contributed by atoms with Crippen LogP contribution in [0.2, 0.25) is 0 Å². The Balaban J connectivity index is 1.51. The summed E-state index contributed by atoms with van der Waals surface area (Å²) >= 11 is 0. The molecule has 4 atom stereocenters. The molecule has 2 heterocycles. The molecule has 2 bridgehead atoms. The highest BCUT2D eigenvalue weighted by Gasteiger charge is 2.59. The molecular weight excluding hydrogens is 306 g/mol. The molecule has 24 heavy (non-hydrogen) atoms. The Morgan fingerprint density at radius 3 is 2.38 bits per heavy atom. The molecule has 4 unspecified atom stereocenters. The van der Waals surface area contributed by atoms with Gasteiger partial charge >= 0.3 is 0 Å². The minimum atomic E-state index is -0.215. The van der Waals surface area contributed by atoms with Crippen LogP contribution in [-0.2, 0) is 9.59 Å². The Hall–Kier alpha value is -2.37. The van der Waals surface area contributed by atoms with E-state index in [1.165, 1.54) is 6.21 Å². The van der Waals surface area contributed by atoms with Crippen LogP contribution in [0.25, 0.3) is 0 Å². The zero-order valence-electron chi connectivity index (χ0n) is 13.9. The second-order valence-electron chi connectivity index (χ2n) is 6.58. The number of anilines is 1. The van der Waals surface area contributed by atoms with E-state index in [2.05, 4.69) is 36.0 Å². The third kappa shape index (κ3) is 2.12. The summed E-state index contributed by atoms with van der Waals surface area (Å²) in [7, 11) is 0. The van der Waals surface area contributed by atoms with Crippen molar-refractivity contribution in [2.45, 2.75) is 20.3 Å². The van der Waals surface area contributed by atoms with Crippen LogP contribution in [0.4, 0.5) is 5.88 Å². The summed E-state index contributed by atoms with van der Waals surface area (Å²) in [5.41, 5.74) is 0. The molecule has 1 saturated carbocycles. The van der Waals surface area contributed by atoms with Crippen LogP contribution in [-0.4, -0.2) is 36.1 Å². The van der Waals surface area contributed by atoms with Gasteiger partial charge < -0.3 is 9.32 Å². The Labute approximate surface area is 140 Å². The predicted molar refractivity (Wildman–Crippen MR) is 89.4 cm³/mol. The zero-order chi connectivity index (χ0) is 16.8. The maximum atomic E-state index is 12.5. The topological polar surface area (TPSA) is 66.1 Å². The van der Waals surface area contributed by atoms with Crippen molar-refractivity contribution < 1.29 is 14.0 Å². The lowest BCUT2D eigenvalue weighted by Gasteiger charge is -2.16. The van der Waals surface area contributed by atoms with Gasteiger partial charge in [-0.25, -0.2) is 0 Å². The second-order valence-corrected chi connectivity index (χ2v) is 6.58. The summed E-state index contributed by atoms with van der Waals surface area (Å²) in [5, 5.41) is 5.17. The lowest BCUT2D eigenvalue weighted by Crippen LogP contribution is -2.28. The average Bonchev–Trinajstić information content (AvgIpc) is 3.33. The Morgan fingerprint density at radius 2 is 1.79 bits per heavy atom. The highest BCUT2D eigenvalue weighted by molar-refractivity contribution is 6.06. The molecule has 1 saturated heterocycles. The molecule has 0 N–H and O–H groups in total. The molecule has 1 aromatic rings. The summed E-state index contributed by atoms with van der Waals surface area (Å²) in [6.07, 6.45) is 6.54. The molecule has 6 nitrogen and oxygen atoms in total. The van der Waals surface area contributed by atoms with Gasteiger partial charge in [-0.2, -0.15) is 10.1 Å². The highest BCUT2D eigenvalue weighted by atomic mass is 16.4. The maximum Gasteiger partial charge on any atom is 0.254 e. The lowest BCUT2D eigenvalue weighted by molar-refractivity contribution is -0.140. The fourth-order valence-corrected chi connectivity index (χ4v) is 4.23. The van der Waals surface area contributed by atoms with Crippen molar-refractivity contribution in [2.24, 2.45) is 28.8 Å². The first-order valence-corrected chi connectivity index (χ1v) is 8.59. The van der Waals surface area contributed by atoms with E-state index >= 15 is 0 Å². The predicted octanol–water partition coefficient (Wildman–Crippen LogP) is 2.27. The number of amides is 2. The van der Waals surface area contributed by atoms with Crippen molar-refractivity contribution in [1.29, 1.82) is 0 Å². The van der Waals surface area contributed by atoms with E-state index in [1.54, 1.807) is 6.07 Å².